The van der Waals surface area contributed by atoms with Crippen molar-refractivity contribution in [1.82, 2.24) is 9.55 Å². The number of anilines is 1. The van der Waals surface area contributed by atoms with Gasteiger partial charge in [0.2, 0.25) is 0 Å². The van der Waals surface area contributed by atoms with Gasteiger partial charge in [0.05, 0.1) is 16.9 Å². The number of hydrogen-bond acceptors (Lipinski definition) is 4. The molecule has 2 aromatic heterocycles. The lowest BCUT2D eigenvalue weighted by molar-refractivity contribution is 0.103. The van der Waals surface area contributed by atoms with E-state index in [-0.39, 0.29) is 5.91 Å². The van der Waals surface area contributed by atoms with Crippen LogP contribution in [0.2, 0.25) is 0 Å². The van der Waals surface area contributed by atoms with Crippen molar-refractivity contribution in [3.63, 3.8) is 0 Å². The fraction of sp³-hybridized carbons (Fsp3) is 0.176. The van der Waals surface area contributed by atoms with Crippen molar-refractivity contribution in [3.05, 3.63) is 63.9 Å². The Kier molecular flexibility index (Phi) is 4.27. The minimum atomic E-state index is -0.114. The second-order valence-corrected chi connectivity index (χ2v) is 6.22. The summed E-state index contributed by atoms with van der Waals surface area (Å²) in [6.07, 6.45) is 1.80. The van der Waals surface area contributed by atoms with Crippen LogP contribution in [0.5, 0.6) is 0 Å². The molecule has 0 aliphatic heterocycles. The maximum atomic E-state index is 12.2. The van der Waals surface area contributed by atoms with Gasteiger partial charge in [0.1, 0.15) is 0 Å². The fourth-order valence-electron chi connectivity index (χ4n) is 2.26. The number of hydrogen-bond donors (Lipinski definition) is 2. The minimum absolute atomic E-state index is 0.114. The molecule has 118 valence electrons. The highest BCUT2D eigenvalue weighted by Crippen LogP contribution is 2.19. The number of imidazole rings is 1. The second-order valence-electron chi connectivity index (χ2n) is 5.31. The number of carbonyl (C=O) groups excluding carboxylic acids is 1. The second kappa shape index (κ2) is 6.36. The van der Waals surface area contributed by atoms with Gasteiger partial charge in [0.15, 0.2) is 0 Å². The average molecular weight is 326 g/mol. The normalized spacial score (nSPS) is 10.7. The third kappa shape index (κ3) is 3.18. The average Bonchev–Trinajstić information content (AvgIpc) is 3.16. The van der Waals surface area contributed by atoms with Crippen LogP contribution in [0.25, 0.3) is 5.69 Å². The smallest absolute Gasteiger partial charge is 0.265 e. The standard InChI is InChI=1S/C17H18N4OS/c1-11-12(2)21(10-19-11)15-5-3-14(4-6-15)20-17(22)16-7-13(8-18)9-23-16/h3-7,9-10H,8,18H2,1-2H3,(H,20,22). The van der Waals surface area contributed by atoms with E-state index in [2.05, 4.69) is 10.3 Å². The van der Waals surface area contributed by atoms with Crippen LogP contribution in [0.1, 0.15) is 26.6 Å². The van der Waals surface area contributed by atoms with Crippen molar-refractivity contribution in [2.75, 3.05) is 5.32 Å². The molecule has 3 rings (SSSR count). The van der Waals surface area contributed by atoms with Gasteiger partial charge in [-0.1, -0.05) is 0 Å². The van der Waals surface area contributed by atoms with Crippen LogP contribution in [0.4, 0.5) is 5.69 Å². The molecule has 3 N–H and O–H groups in total. The first-order valence-corrected chi connectivity index (χ1v) is 8.16. The SMILES string of the molecule is Cc1ncn(-c2ccc(NC(=O)c3cc(CN)cs3)cc2)c1C. The summed E-state index contributed by atoms with van der Waals surface area (Å²) in [5.74, 6) is -0.114. The lowest BCUT2D eigenvalue weighted by atomic mass is 10.2. The Morgan fingerprint density at radius 1 is 1.30 bits per heavy atom. The first-order chi connectivity index (χ1) is 11.1. The molecule has 0 unspecified atom stereocenters. The van der Waals surface area contributed by atoms with Gasteiger partial charge in [0.25, 0.3) is 5.91 Å². The van der Waals surface area contributed by atoms with E-state index in [4.69, 9.17) is 5.73 Å². The summed E-state index contributed by atoms with van der Waals surface area (Å²) in [6.45, 7) is 4.46. The van der Waals surface area contributed by atoms with Crippen molar-refractivity contribution >= 4 is 22.9 Å². The van der Waals surface area contributed by atoms with Gasteiger partial charge in [-0.2, -0.15) is 0 Å². The highest BCUT2D eigenvalue weighted by Gasteiger charge is 2.10. The molecule has 5 nitrogen and oxygen atoms in total. The lowest BCUT2D eigenvalue weighted by Gasteiger charge is -2.08. The molecule has 0 fully saturated rings. The zero-order chi connectivity index (χ0) is 16.4. The molecular weight excluding hydrogens is 308 g/mol. The van der Waals surface area contributed by atoms with Crippen LogP contribution < -0.4 is 11.1 Å². The van der Waals surface area contributed by atoms with Gasteiger partial charge in [0, 0.05) is 23.6 Å². The van der Waals surface area contributed by atoms with E-state index in [0.717, 1.165) is 28.3 Å². The van der Waals surface area contributed by atoms with Crippen molar-refractivity contribution in [3.8, 4) is 5.69 Å². The molecule has 1 amide bonds. The Hall–Kier alpha value is -2.44. The predicted molar refractivity (Wildman–Crippen MR) is 93.2 cm³/mol. The van der Waals surface area contributed by atoms with Crippen molar-refractivity contribution < 1.29 is 4.79 Å². The van der Waals surface area contributed by atoms with Crippen LogP contribution in [-0.2, 0) is 6.54 Å². The maximum absolute atomic E-state index is 12.2. The van der Waals surface area contributed by atoms with Crippen LogP contribution in [0, 0.1) is 13.8 Å². The molecule has 1 aromatic carbocycles. The number of nitrogens with two attached hydrogens (primary N) is 1. The molecule has 0 saturated carbocycles. The Bertz CT molecular complexity index is 833. The highest BCUT2D eigenvalue weighted by molar-refractivity contribution is 7.12. The van der Waals surface area contributed by atoms with Crippen LogP contribution in [0.3, 0.4) is 0 Å². The molecule has 23 heavy (non-hydrogen) atoms. The summed E-state index contributed by atoms with van der Waals surface area (Å²) in [6, 6.07) is 9.53. The molecule has 0 radical (unpaired) electrons. The summed E-state index contributed by atoms with van der Waals surface area (Å²) in [7, 11) is 0. The van der Waals surface area contributed by atoms with Gasteiger partial charge in [-0.05, 0) is 55.1 Å². The molecule has 0 spiro atoms. The number of rotatable bonds is 4. The quantitative estimate of drug-likeness (QED) is 0.773. The molecule has 0 aliphatic carbocycles. The van der Waals surface area contributed by atoms with Crippen LogP contribution in [0.15, 0.2) is 42.0 Å². The first-order valence-electron chi connectivity index (χ1n) is 7.28. The van der Waals surface area contributed by atoms with Gasteiger partial charge in [-0.15, -0.1) is 11.3 Å². The van der Waals surface area contributed by atoms with Crippen LogP contribution >= 0.6 is 11.3 Å². The monoisotopic (exact) mass is 326 g/mol. The number of nitrogens with zero attached hydrogens (tertiary/aromatic N) is 2. The van der Waals surface area contributed by atoms with Gasteiger partial charge in [-0.25, -0.2) is 4.98 Å². The van der Waals surface area contributed by atoms with E-state index in [1.807, 2.05) is 54.1 Å². The lowest BCUT2D eigenvalue weighted by Crippen LogP contribution is -2.10. The molecule has 0 saturated heterocycles. The molecule has 6 heteroatoms. The molecule has 3 aromatic rings. The van der Waals surface area contributed by atoms with Crippen LogP contribution in [-0.4, -0.2) is 15.5 Å². The van der Waals surface area contributed by atoms with E-state index in [9.17, 15) is 4.79 Å². The van der Waals surface area contributed by atoms with Crippen molar-refractivity contribution in [2.24, 2.45) is 5.73 Å². The number of thiophene rings is 1. The van der Waals surface area contributed by atoms with Gasteiger partial charge < -0.3 is 15.6 Å². The number of carbonyl (C=O) groups is 1. The van der Waals surface area contributed by atoms with Crippen molar-refractivity contribution in [1.29, 1.82) is 0 Å². The number of nitrogens with one attached hydrogen (secondary N) is 1. The summed E-state index contributed by atoms with van der Waals surface area (Å²) >= 11 is 1.40. The maximum Gasteiger partial charge on any atom is 0.265 e. The largest absolute Gasteiger partial charge is 0.326 e. The number of aryl methyl sites for hydroxylation is 1. The molecule has 0 atom stereocenters. The van der Waals surface area contributed by atoms with Gasteiger partial charge in [-0.3, -0.25) is 4.79 Å². The molecular formula is C17H18N4OS. The van der Waals surface area contributed by atoms with Gasteiger partial charge >= 0.3 is 0 Å². The summed E-state index contributed by atoms with van der Waals surface area (Å²) in [5, 5.41) is 4.80. The summed E-state index contributed by atoms with van der Waals surface area (Å²) < 4.78 is 2.02. The van der Waals surface area contributed by atoms with E-state index in [0.29, 0.717) is 11.4 Å². The third-order valence-corrected chi connectivity index (χ3v) is 4.75. The summed E-state index contributed by atoms with van der Waals surface area (Å²) in [4.78, 5) is 17.2. The minimum Gasteiger partial charge on any atom is -0.326 e. The number of amides is 1. The van der Waals surface area contributed by atoms with E-state index < -0.39 is 0 Å². The number of benzene rings is 1. The van der Waals surface area contributed by atoms with Crippen molar-refractivity contribution in [2.45, 2.75) is 20.4 Å². The Balaban J connectivity index is 1.74. The van der Waals surface area contributed by atoms with E-state index >= 15 is 0 Å². The zero-order valence-corrected chi connectivity index (χ0v) is 13.9. The Morgan fingerprint density at radius 3 is 2.61 bits per heavy atom. The summed E-state index contributed by atoms with van der Waals surface area (Å²) in [5.41, 5.74) is 10.4. The first kappa shape index (κ1) is 15.5. The Labute approximate surface area is 138 Å². The van der Waals surface area contributed by atoms with E-state index in [1.165, 1.54) is 11.3 Å². The highest BCUT2D eigenvalue weighted by atomic mass is 32.1. The molecule has 0 aliphatic rings. The third-order valence-electron chi connectivity index (χ3n) is 3.77. The van der Waals surface area contributed by atoms with E-state index in [1.54, 1.807) is 6.33 Å². The zero-order valence-electron chi connectivity index (χ0n) is 13.0. The molecule has 0 bridgehead atoms. The predicted octanol–water partition coefficient (Wildman–Crippen LogP) is 3.26. The number of aromatic nitrogens is 2. The fourth-order valence-corrected chi connectivity index (χ4v) is 3.08. The molecule has 2 heterocycles. The Morgan fingerprint density at radius 2 is 2.04 bits per heavy atom. The topological polar surface area (TPSA) is 72.9 Å².